The molecule has 0 N–H and O–H groups in total. The number of aromatic nitrogens is 2. The summed E-state index contributed by atoms with van der Waals surface area (Å²) >= 11 is 11.7. The second-order valence-corrected chi connectivity index (χ2v) is 8.26. The highest BCUT2D eigenvalue weighted by atomic mass is 35.5. The molecular formula is C22H17Cl2F3N4O2. The fraction of sp³-hybridized carbons (Fsp3) is 0.227. The van der Waals surface area contributed by atoms with E-state index >= 15 is 0 Å². The first-order valence-corrected chi connectivity index (χ1v) is 10.7. The lowest BCUT2D eigenvalue weighted by Gasteiger charge is -2.34. The number of halogens is 5. The molecule has 0 spiro atoms. The van der Waals surface area contributed by atoms with E-state index in [1.807, 2.05) is 0 Å². The molecule has 1 aromatic heterocycles. The zero-order chi connectivity index (χ0) is 23.8. The van der Waals surface area contributed by atoms with Crippen LogP contribution in [-0.2, 0) is 6.18 Å². The van der Waals surface area contributed by atoms with Crippen LogP contribution in [0.4, 0.5) is 13.2 Å². The zero-order valence-electron chi connectivity index (χ0n) is 17.0. The molecule has 0 bridgehead atoms. The van der Waals surface area contributed by atoms with Crippen molar-refractivity contribution >= 4 is 35.0 Å². The highest BCUT2D eigenvalue weighted by molar-refractivity contribution is 6.30. The van der Waals surface area contributed by atoms with E-state index in [4.69, 9.17) is 23.2 Å². The summed E-state index contributed by atoms with van der Waals surface area (Å²) in [6.45, 7) is 0.586. The lowest BCUT2D eigenvalue weighted by Crippen LogP contribution is -2.50. The van der Waals surface area contributed by atoms with Crippen LogP contribution >= 0.6 is 23.2 Å². The van der Waals surface area contributed by atoms with Gasteiger partial charge in [-0.15, -0.1) is 0 Å². The van der Waals surface area contributed by atoms with E-state index in [0.717, 1.165) is 6.20 Å². The Balaban J connectivity index is 1.52. The summed E-state index contributed by atoms with van der Waals surface area (Å²) in [4.78, 5) is 28.5. The Labute approximate surface area is 197 Å². The molecule has 6 nitrogen and oxygen atoms in total. The largest absolute Gasteiger partial charge is 0.434 e. The molecule has 3 aromatic rings. The number of piperazine rings is 1. The van der Waals surface area contributed by atoms with E-state index in [9.17, 15) is 22.8 Å². The van der Waals surface area contributed by atoms with Crippen molar-refractivity contribution in [3.63, 3.8) is 0 Å². The van der Waals surface area contributed by atoms with E-state index in [0.29, 0.717) is 20.3 Å². The lowest BCUT2D eigenvalue weighted by atomic mass is 10.1. The van der Waals surface area contributed by atoms with Crippen molar-refractivity contribution in [3.8, 4) is 5.69 Å². The third-order valence-electron chi connectivity index (χ3n) is 5.28. The Morgan fingerprint density at radius 2 is 1.27 bits per heavy atom. The molecule has 1 aliphatic heterocycles. The van der Waals surface area contributed by atoms with Crippen LogP contribution < -0.4 is 0 Å². The number of rotatable bonds is 3. The van der Waals surface area contributed by atoms with E-state index in [1.165, 1.54) is 29.2 Å². The van der Waals surface area contributed by atoms with Gasteiger partial charge < -0.3 is 9.80 Å². The van der Waals surface area contributed by atoms with Crippen LogP contribution in [0, 0.1) is 0 Å². The van der Waals surface area contributed by atoms with Gasteiger partial charge >= 0.3 is 6.18 Å². The van der Waals surface area contributed by atoms with Gasteiger partial charge in [-0.2, -0.15) is 18.3 Å². The molecule has 2 amide bonds. The standard InChI is InChI=1S/C22H17Cl2F3N4O2/c23-15-3-1-14(2-4-15)20(32)29-9-11-30(12-10-29)21(33)18-13-28-31(19(18)22(25,26)27)17-7-5-16(24)6-8-17/h1-8,13H,9-12H2. The molecule has 0 atom stereocenters. The summed E-state index contributed by atoms with van der Waals surface area (Å²) in [5.41, 5.74) is -1.13. The predicted octanol–water partition coefficient (Wildman–Crippen LogP) is 4.80. The lowest BCUT2D eigenvalue weighted by molar-refractivity contribution is -0.143. The number of hydrogen-bond donors (Lipinski definition) is 0. The number of nitrogens with zero attached hydrogens (tertiary/aromatic N) is 4. The monoisotopic (exact) mass is 496 g/mol. The van der Waals surface area contributed by atoms with E-state index in [-0.39, 0.29) is 37.8 Å². The van der Waals surface area contributed by atoms with Gasteiger partial charge in [0.15, 0.2) is 5.69 Å². The quantitative estimate of drug-likeness (QED) is 0.523. The molecule has 0 unspecified atom stereocenters. The van der Waals surface area contributed by atoms with Gasteiger partial charge in [-0.3, -0.25) is 9.59 Å². The topological polar surface area (TPSA) is 58.4 Å². The van der Waals surface area contributed by atoms with E-state index in [2.05, 4.69) is 5.10 Å². The molecule has 0 saturated carbocycles. The van der Waals surface area contributed by atoms with Crippen molar-refractivity contribution < 1.29 is 22.8 Å². The molecule has 0 radical (unpaired) electrons. The Bertz CT molecular complexity index is 1170. The summed E-state index contributed by atoms with van der Waals surface area (Å²) in [5.74, 6) is -1.02. The second-order valence-electron chi connectivity index (χ2n) is 7.38. The van der Waals surface area contributed by atoms with Crippen molar-refractivity contribution in [2.45, 2.75) is 6.18 Å². The van der Waals surface area contributed by atoms with Crippen molar-refractivity contribution in [2.75, 3.05) is 26.2 Å². The molecule has 172 valence electrons. The maximum Gasteiger partial charge on any atom is 0.434 e. The van der Waals surface area contributed by atoms with Gasteiger partial charge in [0, 0.05) is 41.8 Å². The Hall–Kier alpha value is -3.04. The summed E-state index contributed by atoms with van der Waals surface area (Å²) < 4.78 is 42.4. The summed E-state index contributed by atoms with van der Waals surface area (Å²) in [7, 11) is 0. The van der Waals surface area contributed by atoms with Crippen LogP contribution in [0.1, 0.15) is 26.4 Å². The molecule has 0 aliphatic carbocycles. The first-order chi connectivity index (χ1) is 15.6. The maximum atomic E-state index is 13.9. The Morgan fingerprint density at radius 1 is 0.788 bits per heavy atom. The maximum absolute atomic E-state index is 13.9. The van der Waals surface area contributed by atoms with Gasteiger partial charge in [-0.05, 0) is 48.5 Å². The fourth-order valence-corrected chi connectivity index (χ4v) is 3.87. The van der Waals surface area contributed by atoms with Gasteiger partial charge in [0.2, 0.25) is 0 Å². The predicted molar refractivity (Wildman–Crippen MR) is 117 cm³/mol. The molecule has 1 fully saturated rings. The molecule has 33 heavy (non-hydrogen) atoms. The Kier molecular flexibility index (Phi) is 6.36. The molecule has 2 heterocycles. The fourth-order valence-electron chi connectivity index (χ4n) is 3.61. The minimum absolute atomic E-state index is 0.0988. The highest BCUT2D eigenvalue weighted by Gasteiger charge is 2.42. The first kappa shape index (κ1) is 23.1. The van der Waals surface area contributed by atoms with Gasteiger partial charge in [0.1, 0.15) is 0 Å². The molecule has 4 rings (SSSR count). The van der Waals surface area contributed by atoms with Crippen LogP contribution in [0.25, 0.3) is 5.69 Å². The third-order valence-corrected chi connectivity index (χ3v) is 5.79. The summed E-state index contributed by atoms with van der Waals surface area (Å²) in [6.07, 6.45) is -3.89. The molecule has 1 saturated heterocycles. The number of amides is 2. The second kappa shape index (κ2) is 9.07. The van der Waals surface area contributed by atoms with Crippen molar-refractivity contribution in [1.29, 1.82) is 0 Å². The number of alkyl halides is 3. The third kappa shape index (κ3) is 4.84. The van der Waals surface area contributed by atoms with Gasteiger partial charge in [-0.1, -0.05) is 23.2 Å². The number of carbonyl (C=O) groups is 2. The average Bonchev–Trinajstić information content (AvgIpc) is 3.25. The van der Waals surface area contributed by atoms with Crippen LogP contribution in [0.3, 0.4) is 0 Å². The Morgan fingerprint density at radius 3 is 1.79 bits per heavy atom. The van der Waals surface area contributed by atoms with Crippen LogP contribution in [0.5, 0.6) is 0 Å². The van der Waals surface area contributed by atoms with Crippen LogP contribution in [0.2, 0.25) is 10.0 Å². The van der Waals surface area contributed by atoms with Crippen molar-refractivity contribution in [1.82, 2.24) is 19.6 Å². The molecule has 1 aliphatic rings. The van der Waals surface area contributed by atoms with Crippen LogP contribution in [-0.4, -0.2) is 57.6 Å². The molecular weight excluding hydrogens is 480 g/mol. The smallest absolute Gasteiger partial charge is 0.335 e. The van der Waals surface area contributed by atoms with Gasteiger partial charge in [-0.25, -0.2) is 4.68 Å². The van der Waals surface area contributed by atoms with E-state index < -0.39 is 23.3 Å². The zero-order valence-corrected chi connectivity index (χ0v) is 18.5. The van der Waals surface area contributed by atoms with Gasteiger partial charge in [0.05, 0.1) is 17.4 Å². The average molecular weight is 497 g/mol. The number of carbonyl (C=O) groups excluding carboxylic acids is 2. The highest BCUT2D eigenvalue weighted by Crippen LogP contribution is 2.34. The minimum atomic E-state index is -4.81. The SMILES string of the molecule is O=C(c1ccc(Cl)cc1)N1CCN(C(=O)c2cnn(-c3ccc(Cl)cc3)c2C(F)(F)F)CC1. The number of benzene rings is 2. The normalized spacial score (nSPS) is 14.5. The first-order valence-electron chi connectivity index (χ1n) is 9.90. The summed E-state index contributed by atoms with van der Waals surface area (Å²) in [5, 5.41) is 4.68. The summed E-state index contributed by atoms with van der Waals surface area (Å²) in [6, 6.07) is 12.1. The van der Waals surface area contributed by atoms with E-state index in [1.54, 1.807) is 29.2 Å². The van der Waals surface area contributed by atoms with Gasteiger partial charge in [0.25, 0.3) is 11.8 Å². The van der Waals surface area contributed by atoms with Crippen molar-refractivity contribution in [3.05, 3.63) is 81.6 Å². The number of hydrogen-bond acceptors (Lipinski definition) is 3. The van der Waals surface area contributed by atoms with Crippen molar-refractivity contribution in [2.24, 2.45) is 0 Å². The molecule has 2 aromatic carbocycles. The van der Waals surface area contributed by atoms with Crippen LogP contribution in [0.15, 0.2) is 54.7 Å². The molecule has 11 heteroatoms. The minimum Gasteiger partial charge on any atom is -0.335 e.